The van der Waals surface area contributed by atoms with Crippen LogP contribution in [0.3, 0.4) is 0 Å². The number of nitrogens with zero attached hydrogens (tertiary/aromatic N) is 2. The smallest absolute Gasteiger partial charge is 0.0951 e. The van der Waals surface area contributed by atoms with Gasteiger partial charge in [0.15, 0.2) is 0 Å². The first-order chi connectivity index (χ1) is 8.83. The first-order valence-electron chi connectivity index (χ1n) is 7.12. The van der Waals surface area contributed by atoms with Crippen molar-refractivity contribution in [1.82, 2.24) is 14.9 Å². The van der Waals surface area contributed by atoms with Crippen LogP contribution in [-0.2, 0) is 11.3 Å². The molecule has 1 saturated heterocycles. The lowest BCUT2D eigenvalue weighted by Crippen LogP contribution is -2.26. The van der Waals surface area contributed by atoms with Gasteiger partial charge in [-0.2, -0.15) is 0 Å². The van der Waals surface area contributed by atoms with Crippen molar-refractivity contribution in [2.45, 2.75) is 45.7 Å². The fraction of sp³-hybridized carbons (Fsp3) is 0.786. The summed E-state index contributed by atoms with van der Waals surface area (Å²) in [6.45, 7) is 8.30. The van der Waals surface area contributed by atoms with E-state index < -0.39 is 0 Å². The minimum atomic E-state index is 0.523. The number of hydrogen-bond donors (Lipinski definition) is 1. The summed E-state index contributed by atoms with van der Waals surface area (Å²) in [4.78, 5) is 4.31. The molecule has 1 aromatic rings. The minimum absolute atomic E-state index is 0.523. The van der Waals surface area contributed by atoms with E-state index in [9.17, 15) is 0 Å². The SMILES string of the molecule is CCCNCc1cncn1C(C)C1CCOCC1. The third-order valence-electron chi connectivity index (χ3n) is 3.87. The monoisotopic (exact) mass is 251 g/mol. The van der Waals surface area contributed by atoms with Crippen molar-refractivity contribution in [1.29, 1.82) is 0 Å². The lowest BCUT2D eigenvalue weighted by Gasteiger charge is -2.29. The minimum Gasteiger partial charge on any atom is -0.381 e. The lowest BCUT2D eigenvalue weighted by atomic mass is 9.92. The molecule has 0 saturated carbocycles. The van der Waals surface area contributed by atoms with E-state index in [1.807, 2.05) is 12.5 Å². The molecular formula is C14H25N3O. The summed E-state index contributed by atoms with van der Waals surface area (Å²) in [6, 6.07) is 0.523. The van der Waals surface area contributed by atoms with Gasteiger partial charge in [0.1, 0.15) is 0 Å². The predicted molar refractivity (Wildman–Crippen MR) is 72.5 cm³/mol. The molecule has 0 amide bonds. The second-order valence-electron chi connectivity index (χ2n) is 5.16. The van der Waals surface area contributed by atoms with Gasteiger partial charge in [-0.3, -0.25) is 0 Å². The van der Waals surface area contributed by atoms with Crippen molar-refractivity contribution in [3.05, 3.63) is 18.2 Å². The molecule has 2 rings (SSSR count). The molecule has 1 aromatic heterocycles. The Morgan fingerprint density at radius 3 is 3.00 bits per heavy atom. The van der Waals surface area contributed by atoms with Gasteiger partial charge in [0.2, 0.25) is 0 Å². The average Bonchev–Trinajstić information content (AvgIpc) is 2.88. The van der Waals surface area contributed by atoms with Crippen molar-refractivity contribution in [2.75, 3.05) is 19.8 Å². The molecule has 1 unspecified atom stereocenters. The molecule has 0 bridgehead atoms. The number of nitrogens with one attached hydrogen (secondary N) is 1. The summed E-state index contributed by atoms with van der Waals surface area (Å²) in [6.07, 6.45) is 7.47. The van der Waals surface area contributed by atoms with Crippen LogP contribution in [0.5, 0.6) is 0 Å². The molecule has 1 aliphatic rings. The number of aromatic nitrogens is 2. The van der Waals surface area contributed by atoms with E-state index in [4.69, 9.17) is 4.74 Å². The maximum absolute atomic E-state index is 5.44. The highest BCUT2D eigenvalue weighted by Gasteiger charge is 2.22. The van der Waals surface area contributed by atoms with Gasteiger partial charge >= 0.3 is 0 Å². The zero-order valence-electron chi connectivity index (χ0n) is 11.6. The second kappa shape index (κ2) is 6.90. The lowest BCUT2D eigenvalue weighted by molar-refractivity contribution is 0.0509. The molecule has 2 heterocycles. The van der Waals surface area contributed by atoms with Crippen LogP contribution in [-0.4, -0.2) is 29.3 Å². The Balaban J connectivity index is 1.96. The van der Waals surface area contributed by atoms with Crippen LogP contribution in [0.2, 0.25) is 0 Å². The Morgan fingerprint density at radius 2 is 2.28 bits per heavy atom. The summed E-state index contributed by atoms with van der Waals surface area (Å²) < 4.78 is 7.77. The zero-order chi connectivity index (χ0) is 12.8. The quantitative estimate of drug-likeness (QED) is 0.789. The number of rotatable bonds is 6. The molecular weight excluding hydrogens is 226 g/mol. The average molecular weight is 251 g/mol. The second-order valence-corrected chi connectivity index (χ2v) is 5.16. The highest BCUT2D eigenvalue weighted by molar-refractivity contribution is 5.00. The van der Waals surface area contributed by atoms with Gasteiger partial charge in [0.25, 0.3) is 0 Å². The predicted octanol–water partition coefficient (Wildman–Crippen LogP) is 2.37. The van der Waals surface area contributed by atoms with Crippen LogP contribution >= 0.6 is 0 Å². The molecule has 4 heteroatoms. The standard InChI is InChI=1S/C14H25N3O/c1-3-6-15-9-14-10-16-11-17(14)12(2)13-4-7-18-8-5-13/h10-13,15H,3-9H2,1-2H3. The van der Waals surface area contributed by atoms with Gasteiger partial charge in [0.05, 0.1) is 12.0 Å². The van der Waals surface area contributed by atoms with E-state index in [1.165, 1.54) is 25.0 Å². The zero-order valence-corrected chi connectivity index (χ0v) is 11.6. The fourth-order valence-corrected chi connectivity index (χ4v) is 2.65. The molecule has 1 N–H and O–H groups in total. The van der Waals surface area contributed by atoms with Crippen molar-refractivity contribution in [3.63, 3.8) is 0 Å². The van der Waals surface area contributed by atoms with Crippen molar-refractivity contribution < 1.29 is 4.74 Å². The third-order valence-corrected chi connectivity index (χ3v) is 3.87. The Bertz CT molecular complexity index is 345. The Kier molecular flexibility index (Phi) is 5.20. The molecule has 1 aliphatic heterocycles. The highest BCUT2D eigenvalue weighted by atomic mass is 16.5. The molecule has 0 aliphatic carbocycles. The Morgan fingerprint density at radius 1 is 1.50 bits per heavy atom. The number of imidazole rings is 1. The van der Waals surface area contributed by atoms with Gasteiger partial charge in [0, 0.05) is 32.0 Å². The van der Waals surface area contributed by atoms with Crippen LogP contribution in [0.4, 0.5) is 0 Å². The van der Waals surface area contributed by atoms with E-state index in [1.54, 1.807) is 0 Å². The molecule has 18 heavy (non-hydrogen) atoms. The van der Waals surface area contributed by atoms with Crippen molar-refractivity contribution in [2.24, 2.45) is 5.92 Å². The van der Waals surface area contributed by atoms with Gasteiger partial charge < -0.3 is 14.6 Å². The molecule has 0 spiro atoms. The van der Waals surface area contributed by atoms with Crippen LogP contribution < -0.4 is 5.32 Å². The molecule has 4 nitrogen and oxygen atoms in total. The van der Waals surface area contributed by atoms with Crippen molar-refractivity contribution in [3.8, 4) is 0 Å². The van der Waals surface area contributed by atoms with E-state index in [-0.39, 0.29) is 0 Å². The first-order valence-corrected chi connectivity index (χ1v) is 7.12. The summed E-state index contributed by atoms with van der Waals surface area (Å²) >= 11 is 0. The number of ether oxygens (including phenoxy) is 1. The normalized spacial score (nSPS) is 19.0. The van der Waals surface area contributed by atoms with Gasteiger partial charge in [-0.15, -0.1) is 0 Å². The maximum Gasteiger partial charge on any atom is 0.0951 e. The van der Waals surface area contributed by atoms with Gasteiger partial charge in [-0.25, -0.2) is 4.98 Å². The summed E-state index contributed by atoms with van der Waals surface area (Å²) in [5, 5.41) is 3.45. The highest BCUT2D eigenvalue weighted by Crippen LogP contribution is 2.28. The number of hydrogen-bond acceptors (Lipinski definition) is 3. The molecule has 102 valence electrons. The fourth-order valence-electron chi connectivity index (χ4n) is 2.65. The van der Waals surface area contributed by atoms with Crippen LogP contribution in [0.15, 0.2) is 12.5 Å². The third kappa shape index (κ3) is 3.33. The topological polar surface area (TPSA) is 39.1 Å². The Labute approximate surface area is 110 Å². The molecule has 0 radical (unpaired) electrons. The van der Waals surface area contributed by atoms with Crippen LogP contribution in [0.1, 0.15) is 44.8 Å². The van der Waals surface area contributed by atoms with E-state index in [2.05, 4.69) is 28.7 Å². The summed E-state index contributed by atoms with van der Waals surface area (Å²) in [7, 11) is 0. The maximum atomic E-state index is 5.44. The van der Waals surface area contributed by atoms with Crippen molar-refractivity contribution >= 4 is 0 Å². The molecule has 1 fully saturated rings. The van der Waals surface area contributed by atoms with Gasteiger partial charge in [-0.05, 0) is 38.6 Å². The molecule has 1 atom stereocenters. The summed E-state index contributed by atoms with van der Waals surface area (Å²) in [5.41, 5.74) is 1.29. The van der Waals surface area contributed by atoms with E-state index in [0.29, 0.717) is 6.04 Å². The van der Waals surface area contributed by atoms with E-state index in [0.717, 1.165) is 32.2 Å². The summed E-state index contributed by atoms with van der Waals surface area (Å²) in [5.74, 6) is 0.720. The Hall–Kier alpha value is -0.870. The van der Waals surface area contributed by atoms with Crippen LogP contribution in [0.25, 0.3) is 0 Å². The van der Waals surface area contributed by atoms with Gasteiger partial charge in [-0.1, -0.05) is 6.92 Å². The largest absolute Gasteiger partial charge is 0.381 e. The van der Waals surface area contributed by atoms with E-state index >= 15 is 0 Å². The van der Waals surface area contributed by atoms with Crippen LogP contribution in [0, 0.1) is 5.92 Å². The first kappa shape index (κ1) is 13.6. The molecule has 0 aromatic carbocycles.